The number of rotatable bonds is 5. The van der Waals surface area contributed by atoms with Gasteiger partial charge in [-0.15, -0.1) is 0 Å². The summed E-state index contributed by atoms with van der Waals surface area (Å²) in [5, 5.41) is 3.13. The molecule has 1 aromatic heterocycles. The van der Waals surface area contributed by atoms with Crippen LogP contribution in [0.15, 0.2) is 16.5 Å². The van der Waals surface area contributed by atoms with Gasteiger partial charge in [-0.05, 0) is 19.1 Å². The predicted octanol–water partition coefficient (Wildman–Crippen LogP) is 1.41. The Morgan fingerprint density at radius 3 is 2.56 bits per heavy atom. The van der Waals surface area contributed by atoms with Crippen LogP contribution in [-0.2, 0) is 17.8 Å². The summed E-state index contributed by atoms with van der Waals surface area (Å²) in [6.45, 7) is 4.49. The second-order valence-corrected chi connectivity index (χ2v) is 4.06. The molecule has 0 aliphatic carbocycles. The molecular formula is C12H20N2O2. The standard InChI is InChI=1S/C12H20N2O2/c1-5-10-6-7-11(16-10)8-13-9(2)12(15)14(3)4/h6-7,9,13H,5,8H2,1-4H3. The lowest BCUT2D eigenvalue weighted by molar-refractivity contribution is -0.130. The number of likely N-dealkylation sites (N-methyl/N-ethyl adjacent to an activating group) is 1. The molecule has 1 N–H and O–H groups in total. The number of nitrogens with zero attached hydrogens (tertiary/aromatic N) is 1. The zero-order valence-corrected chi connectivity index (χ0v) is 10.4. The molecule has 0 spiro atoms. The Balaban J connectivity index is 2.42. The van der Waals surface area contributed by atoms with Crippen molar-refractivity contribution >= 4 is 5.91 Å². The van der Waals surface area contributed by atoms with Crippen LogP contribution < -0.4 is 5.32 Å². The molecule has 4 heteroatoms. The zero-order valence-electron chi connectivity index (χ0n) is 10.4. The number of nitrogens with one attached hydrogen (secondary N) is 1. The van der Waals surface area contributed by atoms with Gasteiger partial charge in [-0.25, -0.2) is 0 Å². The molecule has 1 heterocycles. The summed E-state index contributed by atoms with van der Waals surface area (Å²) >= 11 is 0. The van der Waals surface area contributed by atoms with Gasteiger partial charge in [-0.3, -0.25) is 10.1 Å². The van der Waals surface area contributed by atoms with Crippen molar-refractivity contribution in [3.63, 3.8) is 0 Å². The quantitative estimate of drug-likeness (QED) is 0.822. The minimum atomic E-state index is -0.190. The Morgan fingerprint density at radius 1 is 1.44 bits per heavy atom. The third-order valence-corrected chi connectivity index (χ3v) is 2.46. The second kappa shape index (κ2) is 5.70. The summed E-state index contributed by atoms with van der Waals surface area (Å²) < 4.78 is 5.54. The first-order chi connectivity index (χ1) is 7.54. The maximum atomic E-state index is 11.6. The fraction of sp³-hybridized carbons (Fsp3) is 0.583. The highest BCUT2D eigenvalue weighted by Gasteiger charge is 2.14. The average molecular weight is 224 g/mol. The molecule has 1 rings (SSSR count). The number of aryl methyl sites for hydroxylation is 1. The molecule has 1 atom stereocenters. The first-order valence-corrected chi connectivity index (χ1v) is 5.56. The van der Waals surface area contributed by atoms with E-state index in [-0.39, 0.29) is 11.9 Å². The fourth-order valence-electron chi connectivity index (χ4n) is 1.44. The highest BCUT2D eigenvalue weighted by atomic mass is 16.3. The monoisotopic (exact) mass is 224 g/mol. The van der Waals surface area contributed by atoms with E-state index in [2.05, 4.69) is 5.32 Å². The van der Waals surface area contributed by atoms with Crippen molar-refractivity contribution in [2.24, 2.45) is 0 Å². The number of amides is 1. The van der Waals surface area contributed by atoms with Crippen molar-refractivity contribution in [3.05, 3.63) is 23.7 Å². The van der Waals surface area contributed by atoms with Gasteiger partial charge in [0.05, 0.1) is 12.6 Å². The first-order valence-electron chi connectivity index (χ1n) is 5.56. The summed E-state index contributed by atoms with van der Waals surface area (Å²) in [5.74, 6) is 1.92. The lowest BCUT2D eigenvalue weighted by atomic mass is 10.3. The van der Waals surface area contributed by atoms with E-state index in [1.807, 2.05) is 26.0 Å². The molecule has 1 unspecified atom stereocenters. The van der Waals surface area contributed by atoms with E-state index in [1.54, 1.807) is 19.0 Å². The summed E-state index contributed by atoms with van der Waals surface area (Å²) in [4.78, 5) is 13.1. The van der Waals surface area contributed by atoms with Gasteiger partial charge in [0.1, 0.15) is 11.5 Å². The topological polar surface area (TPSA) is 45.5 Å². The van der Waals surface area contributed by atoms with Crippen molar-refractivity contribution in [2.75, 3.05) is 14.1 Å². The molecule has 0 saturated heterocycles. The molecule has 0 radical (unpaired) electrons. The number of hydrogen-bond donors (Lipinski definition) is 1. The third-order valence-electron chi connectivity index (χ3n) is 2.46. The molecule has 0 saturated carbocycles. The van der Waals surface area contributed by atoms with E-state index in [0.717, 1.165) is 17.9 Å². The lowest BCUT2D eigenvalue weighted by Gasteiger charge is -2.17. The van der Waals surface area contributed by atoms with Gasteiger partial charge in [0.25, 0.3) is 0 Å². The summed E-state index contributed by atoms with van der Waals surface area (Å²) in [5.41, 5.74) is 0. The van der Waals surface area contributed by atoms with Gasteiger partial charge in [-0.1, -0.05) is 6.92 Å². The lowest BCUT2D eigenvalue weighted by Crippen LogP contribution is -2.41. The number of carbonyl (C=O) groups is 1. The van der Waals surface area contributed by atoms with Crippen LogP contribution >= 0.6 is 0 Å². The van der Waals surface area contributed by atoms with Gasteiger partial charge in [-0.2, -0.15) is 0 Å². The van der Waals surface area contributed by atoms with Crippen LogP contribution in [0.4, 0.5) is 0 Å². The molecular weight excluding hydrogens is 204 g/mol. The van der Waals surface area contributed by atoms with E-state index < -0.39 is 0 Å². The molecule has 1 amide bonds. The Morgan fingerprint density at radius 2 is 2.06 bits per heavy atom. The van der Waals surface area contributed by atoms with E-state index >= 15 is 0 Å². The smallest absolute Gasteiger partial charge is 0.238 e. The largest absolute Gasteiger partial charge is 0.465 e. The summed E-state index contributed by atoms with van der Waals surface area (Å²) in [7, 11) is 3.51. The SMILES string of the molecule is CCc1ccc(CNC(C)C(=O)N(C)C)o1. The minimum absolute atomic E-state index is 0.0715. The highest BCUT2D eigenvalue weighted by Crippen LogP contribution is 2.08. The molecule has 0 fully saturated rings. The maximum Gasteiger partial charge on any atom is 0.238 e. The molecule has 0 bridgehead atoms. The summed E-state index contributed by atoms with van der Waals surface area (Å²) in [6, 6.07) is 3.72. The van der Waals surface area contributed by atoms with Crippen LogP contribution in [0.1, 0.15) is 25.4 Å². The number of furan rings is 1. The van der Waals surface area contributed by atoms with Crippen molar-refractivity contribution in [1.82, 2.24) is 10.2 Å². The first kappa shape index (κ1) is 12.8. The average Bonchev–Trinajstić information content (AvgIpc) is 2.72. The number of carbonyl (C=O) groups excluding carboxylic acids is 1. The van der Waals surface area contributed by atoms with Gasteiger partial charge in [0, 0.05) is 20.5 Å². The summed E-state index contributed by atoms with van der Waals surface area (Å²) in [6.07, 6.45) is 0.895. The van der Waals surface area contributed by atoms with E-state index in [9.17, 15) is 4.79 Å². The maximum absolute atomic E-state index is 11.6. The minimum Gasteiger partial charge on any atom is -0.465 e. The van der Waals surface area contributed by atoms with Crippen molar-refractivity contribution in [3.8, 4) is 0 Å². The van der Waals surface area contributed by atoms with Crippen LogP contribution in [-0.4, -0.2) is 30.9 Å². The molecule has 1 aromatic rings. The van der Waals surface area contributed by atoms with Crippen molar-refractivity contribution in [2.45, 2.75) is 32.9 Å². The Labute approximate surface area is 96.6 Å². The van der Waals surface area contributed by atoms with Crippen LogP contribution in [0.25, 0.3) is 0 Å². The van der Waals surface area contributed by atoms with Gasteiger partial charge in [0.2, 0.25) is 5.91 Å². The van der Waals surface area contributed by atoms with Gasteiger partial charge in [0.15, 0.2) is 0 Å². The fourth-order valence-corrected chi connectivity index (χ4v) is 1.44. The normalized spacial score (nSPS) is 12.5. The Kier molecular flexibility index (Phi) is 4.55. The van der Waals surface area contributed by atoms with Gasteiger partial charge < -0.3 is 9.32 Å². The molecule has 90 valence electrons. The Bertz CT molecular complexity index is 345. The molecule has 0 aromatic carbocycles. The molecule has 0 aliphatic heterocycles. The molecule has 0 aliphatic rings. The van der Waals surface area contributed by atoms with Crippen LogP contribution in [0.5, 0.6) is 0 Å². The van der Waals surface area contributed by atoms with E-state index in [4.69, 9.17) is 4.42 Å². The third kappa shape index (κ3) is 3.38. The Hall–Kier alpha value is -1.29. The van der Waals surface area contributed by atoms with E-state index in [1.165, 1.54) is 0 Å². The van der Waals surface area contributed by atoms with Crippen molar-refractivity contribution < 1.29 is 9.21 Å². The van der Waals surface area contributed by atoms with Gasteiger partial charge >= 0.3 is 0 Å². The van der Waals surface area contributed by atoms with E-state index in [0.29, 0.717) is 6.54 Å². The molecule has 16 heavy (non-hydrogen) atoms. The van der Waals surface area contributed by atoms with Crippen LogP contribution in [0.2, 0.25) is 0 Å². The second-order valence-electron chi connectivity index (χ2n) is 4.06. The van der Waals surface area contributed by atoms with Crippen LogP contribution in [0, 0.1) is 0 Å². The predicted molar refractivity (Wildman–Crippen MR) is 63.1 cm³/mol. The van der Waals surface area contributed by atoms with Crippen LogP contribution in [0.3, 0.4) is 0 Å². The number of hydrogen-bond acceptors (Lipinski definition) is 3. The molecule has 4 nitrogen and oxygen atoms in total. The van der Waals surface area contributed by atoms with Crippen molar-refractivity contribution in [1.29, 1.82) is 0 Å². The highest BCUT2D eigenvalue weighted by molar-refractivity contribution is 5.80. The zero-order chi connectivity index (χ0) is 12.1.